The van der Waals surface area contributed by atoms with E-state index in [-0.39, 0.29) is 0 Å². The molecule has 0 aliphatic heterocycles. The van der Waals surface area contributed by atoms with E-state index < -0.39 is 0 Å². The van der Waals surface area contributed by atoms with E-state index in [0.717, 1.165) is 55.7 Å². The predicted octanol–water partition coefficient (Wildman–Crippen LogP) is 3.95. The number of aromatic amines is 3. The Kier molecular flexibility index (Phi) is 3.30. The number of nitrogens with zero attached hydrogens (tertiary/aromatic N) is 5. The number of hydrogen-bond acceptors (Lipinski definition) is 5. The van der Waals surface area contributed by atoms with E-state index in [4.69, 9.17) is 0 Å². The molecule has 0 spiro atoms. The Hall–Kier alpha value is -4.33. The van der Waals surface area contributed by atoms with Crippen molar-refractivity contribution in [2.75, 3.05) is 0 Å². The van der Waals surface area contributed by atoms with Crippen LogP contribution in [-0.2, 0) is 0 Å². The average Bonchev–Trinajstić information content (AvgIpc) is 3.52. The van der Waals surface area contributed by atoms with Crippen LogP contribution in [0.25, 0.3) is 55.7 Å². The van der Waals surface area contributed by atoms with E-state index in [1.165, 1.54) is 0 Å². The summed E-state index contributed by atoms with van der Waals surface area (Å²) in [4.78, 5) is 16.7. The van der Waals surface area contributed by atoms with E-state index in [1.807, 2.05) is 36.7 Å². The van der Waals surface area contributed by atoms with Crippen LogP contribution in [-0.4, -0.2) is 40.3 Å². The minimum absolute atomic E-state index is 0.837. The number of pyridine rings is 3. The monoisotopic (exact) mass is 378 g/mol. The Morgan fingerprint density at radius 3 is 2.52 bits per heavy atom. The van der Waals surface area contributed by atoms with Crippen LogP contribution in [0.3, 0.4) is 0 Å². The van der Waals surface area contributed by atoms with Crippen molar-refractivity contribution in [1.82, 2.24) is 40.3 Å². The molecule has 0 aromatic carbocycles. The van der Waals surface area contributed by atoms with Gasteiger partial charge in [-0.1, -0.05) is 0 Å². The van der Waals surface area contributed by atoms with E-state index >= 15 is 0 Å². The molecule has 6 aromatic heterocycles. The minimum Gasteiger partial charge on any atom is -0.353 e. The number of nitrogens with one attached hydrogen (secondary N) is 3. The highest BCUT2D eigenvalue weighted by Crippen LogP contribution is 2.33. The largest absolute Gasteiger partial charge is 0.353 e. The van der Waals surface area contributed by atoms with Crippen molar-refractivity contribution in [3.05, 3.63) is 67.5 Å². The van der Waals surface area contributed by atoms with Gasteiger partial charge in [0.15, 0.2) is 0 Å². The Bertz CT molecular complexity index is 1440. The molecular formula is C21H14N8. The van der Waals surface area contributed by atoms with Gasteiger partial charge >= 0.3 is 0 Å². The number of hydrogen-bond donors (Lipinski definition) is 3. The van der Waals surface area contributed by atoms with Crippen molar-refractivity contribution in [2.24, 2.45) is 0 Å². The molecule has 0 atom stereocenters. The second-order valence-corrected chi connectivity index (χ2v) is 6.71. The maximum absolute atomic E-state index is 4.59. The summed E-state index contributed by atoms with van der Waals surface area (Å²) in [5.74, 6) is 0. The topological polar surface area (TPSA) is 112 Å². The van der Waals surface area contributed by atoms with Crippen LogP contribution in [0.4, 0.5) is 0 Å². The highest BCUT2D eigenvalue weighted by Gasteiger charge is 2.15. The molecule has 0 saturated carbocycles. The lowest BCUT2D eigenvalue weighted by Gasteiger charge is -2.01. The van der Waals surface area contributed by atoms with Gasteiger partial charge in [0.2, 0.25) is 0 Å². The first-order valence-electron chi connectivity index (χ1n) is 9.08. The van der Waals surface area contributed by atoms with Crippen LogP contribution < -0.4 is 0 Å². The van der Waals surface area contributed by atoms with Crippen molar-refractivity contribution in [3.63, 3.8) is 0 Å². The van der Waals surface area contributed by atoms with Crippen molar-refractivity contribution in [3.8, 4) is 33.9 Å². The van der Waals surface area contributed by atoms with Crippen LogP contribution in [0, 0.1) is 0 Å². The fourth-order valence-electron chi connectivity index (χ4n) is 3.59. The number of fused-ring (bicyclic) bond motifs is 2. The molecule has 6 heterocycles. The van der Waals surface area contributed by atoms with Crippen molar-refractivity contribution in [2.45, 2.75) is 0 Å². The first-order valence-corrected chi connectivity index (χ1v) is 9.08. The zero-order valence-electron chi connectivity index (χ0n) is 15.1. The van der Waals surface area contributed by atoms with Crippen molar-refractivity contribution < 1.29 is 0 Å². The van der Waals surface area contributed by atoms with Gasteiger partial charge in [0.05, 0.1) is 35.0 Å². The molecule has 0 unspecified atom stereocenters. The SMILES string of the molecule is c1cc(-c2nccc3[nH]c(-c4n[nH]c5cnc(-c6cn[nH]c6)cc45)cc23)ccn1. The zero-order valence-corrected chi connectivity index (χ0v) is 15.1. The standard InChI is InChI=1S/C21H14N8/c1-4-22-5-2-12(1)20-14-8-18(27-16(14)3-6-23-20)21-15-7-17(13-9-25-26-10-13)24-11-19(15)28-29-21/h1-11,27H,(H,25,26)(H,28,29). The molecule has 0 bridgehead atoms. The summed E-state index contributed by atoms with van der Waals surface area (Å²) in [7, 11) is 0. The van der Waals surface area contributed by atoms with Gasteiger partial charge in [-0.15, -0.1) is 0 Å². The molecule has 0 aliphatic rings. The summed E-state index contributed by atoms with van der Waals surface area (Å²) >= 11 is 0. The van der Waals surface area contributed by atoms with Gasteiger partial charge in [-0.3, -0.25) is 25.1 Å². The van der Waals surface area contributed by atoms with Crippen LogP contribution in [0.5, 0.6) is 0 Å². The van der Waals surface area contributed by atoms with Crippen molar-refractivity contribution in [1.29, 1.82) is 0 Å². The Labute approximate surface area is 164 Å². The molecule has 6 aromatic rings. The van der Waals surface area contributed by atoms with Gasteiger partial charge in [-0.05, 0) is 30.3 Å². The number of rotatable bonds is 3. The van der Waals surface area contributed by atoms with E-state index in [9.17, 15) is 0 Å². The van der Waals surface area contributed by atoms with E-state index in [2.05, 4.69) is 46.4 Å². The zero-order chi connectivity index (χ0) is 19.2. The smallest absolute Gasteiger partial charge is 0.116 e. The molecule has 6 rings (SSSR count). The van der Waals surface area contributed by atoms with Crippen molar-refractivity contribution >= 4 is 21.8 Å². The third-order valence-corrected chi connectivity index (χ3v) is 5.00. The molecule has 8 heteroatoms. The molecule has 0 saturated heterocycles. The predicted molar refractivity (Wildman–Crippen MR) is 110 cm³/mol. The molecule has 0 aliphatic carbocycles. The summed E-state index contributed by atoms with van der Waals surface area (Å²) in [6.45, 7) is 0. The summed E-state index contributed by atoms with van der Waals surface area (Å²) in [5, 5.41) is 16.5. The third-order valence-electron chi connectivity index (χ3n) is 5.00. The van der Waals surface area contributed by atoms with E-state index in [1.54, 1.807) is 24.8 Å². The van der Waals surface area contributed by atoms with Gasteiger partial charge in [0.1, 0.15) is 5.69 Å². The van der Waals surface area contributed by atoms with Crippen LogP contribution >= 0.6 is 0 Å². The second kappa shape index (κ2) is 6.10. The van der Waals surface area contributed by atoms with Gasteiger partial charge in [0.25, 0.3) is 0 Å². The quantitative estimate of drug-likeness (QED) is 0.432. The number of H-pyrrole nitrogens is 3. The molecule has 3 N–H and O–H groups in total. The Balaban J connectivity index is 1.54. The van der Waals surface area contributed by atoms with Gasteiger partial charge in [-0.2, -0.15) is 10.2 Å². The Morgan fingerprint density at radius 2 is 1.66 bits per heavy atom. The van der Waals surface area contributed by atoms with Crippen LogP contribution in [0.15, 0.2) is 67.5 Å². The summed E-state index contributed by atoms with van der Waals surface area (Å²) < 4.78 is 0. The highest BCUT2D eigenvalue weighted by molar-refractivity contribution is 6.00. The maximum Gasteiger partial charge on any atom is 0.116 e. The molecule has 0 radical (unpaired) electrons. The normalized spacial score (nSPS) is 11.4. The molecule has 0 amide bonds. The fourth-order valence-corrected chi connectivity index (χ4v) is 3.59. The van der Waals surface area contributed by atoms with Crippen LogP contribution in [0.1, 0.15) is 0 Å². The molecule has 138 valence electrons. The number of aromatic nitrogens is 8. The third kappa shape index (κ3) is 2.50. The average molecular weight is 378 g/mol. The fraction of sp³-hybridized carbons (Fsp3) is 0. The van der Waals surface area contributed by atoms with E-state index in [0.29, 0.717) is 0 Å². The first-order chi connectivity index (χ1) is 14.4. The first kappa shape index (κ1) is 15.7. The van der Waals surface area contributed by atoms with Gasteiger partial charge in [0, 0.05) is 52.2 Å². The summed E-state index contributed by atoms with van der Waals surface area (Å²) in [6, 6.07) is 10.00. The summed E-state index contributed by atoms with van der Waals surface area (Å²) in [5.41, 5.74) is 7.33. The van der Waals surface area contributed by atoms with Gasteiger partial charge < -0.3 is 4.98 Å². The highest BCUT2D eigenvalue weighted by atomic mass is 15.1. The summed E-state index contributed by atoms with van der Waals surface area (Å²) in [6.07, 6.45) is 10.7. The molecule has 8 nitrogen and oxygen atoms in total. The molecule has 29 heavy (non-hydrogen) atoms. The minimum atomic E-state index is 0.837. The second-order valence-electron chi connectivity index (χ2n) is 6.71. The molecular weight excluding hydrogens is 364 g/mol. The lowest BCUT2D eigenvalue weighted by atomic mass is 10.1. The molecule has 0 fully saturated rings. The Morgan fingerprint density at radius 1 is 0.759 bits per heavy atom. The lowest BCUT2D eigenvalue weighted by Crippen LogP contribution is -1.84. The van der Waals surface area contributed by atoms with Crippen LogP contribution in [0.2, 0.25) is 0 Å². The van der Waals surface area contributed by atoms with Gasteiger partial charge in [-0.25, -0.2) is 0 Å². The lowest BCUT2D eigenvalue weighted by molar-refractivity contribution is 1.09. The maximum atomic E-state index is 4.59.